The predicted octanol–water partition coefficient (Wildman–Crippen LogP) is 3.56. The molecule has 0 amide bonds. The van der Waals surface area contributed by atoms with Crippen LogP contribution in [-0.4, -0.2) is 37.7 Å². The fourth-order valence-corrected chi connectivity index (χ4v) is 3.68. The van der Waals surface area contributed by atoms with Crippen molar-refractivity contribution < 1.29 is 4.74 Å². The van der Waals surface area contributed by atoms with Crippen LogP contribution in [0.15, 0.2) is 41.8 Å². The van der Waals surface area contributed by atoms with Gasteiger partial charge in [0, 0.05) is 42.1 Å². The minimum atomic E-state index is 0.336. The topological polar surface area (TPSA) is 24.5 Å². The number of rotatable bonds is 6. The maximum Gasteiger partial charge on any atom is 0.0594 e. The third-order valence-corrected chi connectivity index (χ3v) is 5.05. The van der Waals surface area contributed by atoms with Gasteiger partial charge in [-0.1, -0.05) is 29.8 Å². The van der Waals surface area contributed by atoms with E-state index in [4.69, 9.17) is 16.3 Å². The van der Waals surface area contributed by atoms with Gasteiger partial charge in [0.25, 0.3) is 0 Å². The molecule has 0 saturated carbocycles. The van der Waals surface area contributed by atoms with E-state index in [9.17, 15) is 0 Å². The highest BCUT2D eigenvalue weighted by atomic mass is 35.5. The Morgan fingerprint density at radius 2 is 2.09 bits per heavy atom. The molecule has 22 heavy (non-hydrogen) atoms. The van der Waals surface area contributed by atoms with E-state index in [1.165, 1.54) is 10.4 Å². The van der Waals surface area contributed by atoms with E-state index in [-0.39, 0.29) is 0 Å². The maximum absolute atomic E-state index is 6.18. The molecular formula is C17H21ClN2OS. The van der Waals surface area contributed by atoms with Crippen molar-refractivity contribution in [1.29, 1.82) is 0 Å². The highest BCUT2D eigenvalue weighted by molar-refractivity contribution is 7.09. The third kappa shape index (κ3) is 4.31. The molecule has 3 rings (SSSR count). The average molecular weight is 337 g/mol. The minimum Gasteiger partial charge on any atom is -0.379 e. The largest absolute Gasteiger partial charge is 0.379 e. The number of ether oxygens (including phenoxy) is 1. The Hall–Kier alpha value is -0.910. The number of hydrogen-bond acceptors (Lipinski definition) is 4. The SMILES string of the molecule is Clc1cccc(C(CNCc2cccs2)N2CCOCC2)c1. The van der Waals surface area contributed by atoms with Crippen LogP contribution >= 0.6 is 22.9 Å². The lowest BCUT2D eigenvalue weighted by Crippen LogP contribution is -2.42. The molecule has 118 valence electrons. The van der Waals surface area contributed by atoms with Crippen molar-refractivity contribution in [1.82, 2.24) is 10.2 Å². The second-order valence-electron chi connectivity index (χ2n) is 5.43. The number of nitrogens with one attached hydrogen (secondary N) is 1. The summed E-state index contributed by atoms with van der Waals surface area (Å²) in [6, 6.07) is 12.8. The van der Waals surface area contributed by atoms with Crippen LogP contribution in [-0.2, 0) is 11.3 Å². The Balaban J connectivity index is 1.67. The summed E-state index contributed by atoms with van der Waals surface area (Å²) in [5.74, 6) is 0. The second-order valence-corrected chi connectivity index (χ2v) is 6.90. The van der Waals surface area contributed by atoms with Gasteiger partial charge in [-0.05, 0) is 29.1 Å². The molecule has 1 aromatic heterocycles. The van der Waals surface area contributed by atoms with Crippen LogP contribution in [0, 0.1) is 0 Å². The quantitative estimate of drug-likeness (QED) is 0.872. The fraction of sp³-hybridized carbons (Fsp3) is 0.412. The van der Waals surface area contributed by atoms with Gasteiger partial charge in [0.15, 0.2) is 0 Å². The standard InChI is InChI=1S/C17H21ClN2OS/c18-15-4-1-3-14(11-15)17(20-6-8-21-9-7-20)13-19-12-16-5-2-10-22-16/h1-5,10-11,17,19H,6-9,12-13H2. The highest BCUT2D eigenvalue weighted by Crippen LogP contribution is 2.24. The third-order valence-electron chi connectivity index (χ3n) is 3.94. The van der Waals surface area contributed by atoms with Gasteiger partial charge in [-0.3, -0.25) is 4.90 Å². The van der Waals surface area contributed by atoms with E-state index >= 15 is 0 Å². The molecule has 1 aliphatic heterocycles. The number of halogens is 1. The first-order chi connectivity index (χ1) is 10.8. The Bertz CT molecular complexity index is 570. The van der Waals surface area contributed by atoms with Crippen LogP contribution in [0.1, 0.15) is 16.5 Å². The van der Waals surface area contributed by atoms with E-state index < -0.39 is 0 Å². The van der Waals surface area contributed by atoms with Crippen molar-refractivity contribution in [3.63, 3.8) is 0 Å². The summed E-state index contributed by atoms with van der Waals surface area (Å²) in [5, 5.41) is 6.51. The zero-order valence-corrected chi connectivity index (χ0v) is 14.1. The molecule has 3 nitrogen and oxygen atoms in total. The number of hydrogen-bond donors (Lipinski definition) is 1. The lowest BCUT2D eigenvalue weighted by Gasteiger charge is -2.35. The summed E-state index contributed by atoms with van der Waals surface area (Å²) in [5.41, 5.74) is 1.27. The zero-order chi connectivity index (χ0) is 15.2. The molecule has 1 N–H and O–H groups in total. The van der Waals surface area contributed by atoms with Gasteiger partial charge in [0.1, 0.15) is 0 Å². The number of nitrogens with zero attached hydrogens (tertiary/aromatic N) is 1. The summed E-state index contributed by atoms with van der Waals surface area (Å²) < 4.78 is 5.49. The van der Waals surface area contributed by atoms with E-state index in [1.54, 1.807) is 11.3 Å². The Morgan fingerprint density at radius 1 is 1.23 bits per heavy atom. The molecule has 5 heteroatoms. The Kier molecular flexibility index (Phi) is 5.87. The van der Waals surface area contributed by atoms with Gasteiger partial charge >= 0.3 is 0 Å². The van der Waals surface area contributed by atoms with Gasteiger partial charge in [-0.15, -0.1) is 11.3 Å². The van der Waals surface area contributed by atoms with Gasteiger partial charge in [0.2, 0.25) is 0 Å². The van der Waals surface area contributed by atoms with E-state index in [2.05, 4.69) is 39.9 Å². The fourth-order valence-electron chi connectivity index (χ4n) is 2.81. The summed E-state index contributed by atoms with van der Waals surface area (Å²) in [7, 11) is 0. The number of benzene rings is 1. The van der Waals surface area contributed by atoms with Crippen molar-refractivity contribution in [3.8, 4) is 0 Å². The monoisotopic (exact) mass is 336 g/mol. The van der Waals surface area contributed by atoms with E-state index in [0.717, 1.165) is 44.4 Å². The molecular weight excluding hydrogens is 316 g/mol. The molecule has 0 bridgehead atoms. The minimum absolute atomic E-state index is 0.336. The smallest absolute Gasteiger partial charge is 0.0594 e. The van der Waals surface area contributed by atoms with E-state index in [0.29, 0.717) is 6.04 Å². The van der Waals surface area contributed by atoms with E-state index in [1.807, 2.05) is 12.1 Å². The average Bonchev–Trinajstić information content (AvgIpc) is 3.06. The van der Waals surface area contributed by atoms with Crippen LogP contribution in [0.2, 0.25) is 5.02 Å². The van der Waals surface area contributed by atoms with Crippen LogP contribution < -0.4 is 5.32 Å². The Labute approximate surface area is 140 Å². The summed E-state index contributed by atoms with van der Waals surface area (Å²) in [6.45, 7) is 5.39. The lowest BCUT2D eigenvalue weighted by molar-refractivity contribution is 0.0161. The van der Waals surface area contributed by atoms with Crippen molar-refractivity contribution >= 4 is 22.9 Å². The molecule has 1 aliphatic rings. The van der Waals surface area contributed by atoms with Crippen LogP contribution in [0.4, 0.5) is 0 Å². The molecule has 0 spiro atoms. The number of morpholine rings is 1. The summed E-state index contributed by atoms with van der Waals surface area (Å²) in [4.78, 5) is 3.85. The summed E-state index contributed by atoms with van der Waals surface area (Å²) >= 11 is 7.97. The molecule has 0 aliphatic carbocycles. The van der Waals surface area contributed by atoms with Gasteiger partial charge in [-0.25, -0.2) is 0 Å². The molecule has 1 saturated heterocycles. The van der Waals surface area contributed by atoms with Crippen molar-refractivity contribution in [2.45, 2.75) is 12.6 Å². The zero-order valence-electron chi connectivity index (χ0n) is 12.5. The second kappa shape index (κ2) is 8.09. The van der Waals surface area contributed by atoms with Crippen molar-refractivity contribution in [3.05, 3.63) is 57.2 Å². The van der Waals surface area contributed by atoms with Gasteiger partial charge in [-0.2, -0.15) is 0 Å². The molecule has 2 heterocycles. The van der Waals surface area contributed by atoms with Crippen LogP contribution in [0.5, 0.6) is 0 Å². The van der Waals surface area contributed by atoms with Crippen LogP contribution in [0.25, 0.3) is 0 Å². The van der Waals surface area contributed by atoms with Crippen molar-refractivity contribution in [2.24, 2.45) is 0 Å². The Morgan fingerprint density at radius 3 is 2.82 bits per heavy atom. The molecule has 1 unspecified atom stereocenters. The lowest BCUT2D eigenvalue weighted by atomic mass is 10.0. The molecule has 1 atom stereocenters. The summed E-state index contributed by atoms with van der Waals surface area (Å²) in [6.07, 6.45) is 0. The normalized spacial score (nSPS) is 17.5. The first-order valence-corrected chi connectivity index (χ1v) is 8.89. The predicted molar refractivity (Wildman–Crippen MR) is 92.6 cm³/mol. The van der Waals surface area contributed by atoms with Gasteiger partial charge < -0.3 is 10.1 Å². The van der Waals surface area contributed by atoms with Crippen LogP contribution in [0.3, 0.4) is 0 Å². The molecule has 0 radical (unpaired) electrons. The first kappa shape index (κ1) is 16.0. The number of thiophene rings is 1. The first-order valence-electron chi connectivity index (χ1n) is 7.63. The van der Waals surface area contributed by atoms with Gasteiger partial charge in [0.05, 0.1) is 13.2 Å². The highest BCUT2D eigenvalue weighted by Gasteiger charge is 2.22. The molecule has 1 aromatic carbocycles. The maximum atomic E-state index is 6.18. The molecule has 2 aromatic rings. The molecule has 1 fully saturated rings. The van der Waals surface area contributed by atoms with Crippen molar-refractivity contribution in [2.75, 3.05) is 32.8 Å².